The van der Waals surface area contributed by atoms with Gasteiger partial charge in [0, 0.05) is 12.1 Å². The lowest BCUT2D eigenvalue weighted by Gasteiger charge is -2.17. The highest BCUT2D eigenvalue weighted by Gasteiger charge is 2.04. The molecule has 27 heavy (non-hydrogen) atoms. The fraction of sp³-hybridized carbons (Fsp3) is 0.316. The average molecular weight is 398 g/mol. The quantitative estimate of drug-likeness (QED) is 0.442. The van der Waals surface area contributed by atoms with Gasteiger partial charge in [-0.05, 0) is 29.7 Å². The lowest BCUT2D eigenvalue weighted by molar-refractivity contribution is -2.00. The number of halogens is 1. The van der Waals surface area contributed by atoms with Crippen LogP contribution >= 0.6 is 0 Å². The van der Waals surface area contributed by atoms with E-state index in [-0.39, 0.29) is 0 Å². The number of nitrogens with zero attached hydrogens (tertiary/aromatic N) is 1. The van der Waals surface area contributed by atoms with Gasteiger partial charge in [0.05, 0.1) is 13.7 Å². The Balaban J connectivity index is 0.000000646. The summed E-state index contributed by atoms with van der Waals surface area (Å²) in [7, 11) is -1.26. The Morgan fingerprint density at radius 1 is 0.963 bits per heavy atom. The summed E-state index contributed by atoms with van der Waals surface area (Å²) in [5, 5.41) is 0. The fourth-order valence-electron chi connectivity index (χ4n) is 2.05. The minimum Gasteiger partial charge on any atom is -0.493 e. The molecule has 0 saturated carbocycles. The van der Waals surface area contributed by atoms with Crippen LogP contribution in [0.15, 0.2) is 42.7 Å². The van der Waals surface area contributed by atoms with Crippen LogP contribution in [0.25, 0.3) is 12.2 Å². The Morgan fingerprint density at radius 3 is 2.11 bits per heavy atom. The van der Waals surface area contributed by atoms with Gasteiger partial charge in [-0.1, -0.05) is 31.6 Å². The van der Waals surface area contributed by atoms with Gasteiger partial charge < -0.3 is 9.47 Å². The van der Waals surface area contributed by atoms with Gasteiger partial charge in [-0.3, -0.25) is 0 Å². The third-order valence-electron chi connectivity index (χ3n) is 3.42. The number of methoxy groups -OCH3 is 1. The molecule has 0 aliphatic heterocycles. The molecule has 8 heteroatoms. The second kappa shape index (κ2) is 11.5. The molecule has 148 valence electrons. The topological polar surface area (TPSA) is 115 Å². The second-order valence-corrected chi connectivity index (χ2v) is 6.38. The molecule has 0 aliphatic rings. The molecule has 0 bridgehead atoms. The maximum absolute atomic E-state index is 8.49. The highest BCUT2D eigenvalue weighted by Crippen LogP contribution is 2.29. The molecule has 2 aromatic rings. The van der Waals surface area contributed by atoms with Crippen LogP contribution in [0.3, 0.4) is 0 Å². The number of ether oxygens (including phenoxy) is 2. The summed E-state index contributed by atoms with van der Waals surface area (Å²) in [5.74, 6) is 1.58. The highest BCUT2D eigenvalue weighted by atomic mass is 35.7. The summed E-state index contributed by atoms with van der Waals surface area (Å²) in [6.07, 6.45) is 10.4. The molecule has 2 rings (SSSR count). The third-order valence-corrected chi connectivity index (χ3v) is 3.42. The predicted octanol–water partition coefficient (Wildman–Crippen LogP) is -0.887. The fourth-order valence-corrected chi connectivity index (χ4v) is 2.05. The van der Waals surface area contributed by atoms with E-state index >= 15 is 0 Å². The number of pyridine rings is 1. The van der Waals surface area contributed by atoms with Gasteiger partial charge in [0.15, 0.2) is 23.9 Å². The van der Waals surface area contributed by atoms with Gasteiger partial charge in [-0.2, -0.15) is 0 Å². The van der Waals surface area contributed by atoms with Crippen LogP contribution in [-0.2, 0) is 7.05 Å². The van der Waals surface area contributed by atoms with Gasteiger partial charge in [-0.25, -0.2) is 23.2 Å². The highest BCUT2D eigenvalue weighted by molar-refractivity contribution is 5.70. The summed E-state index contributed by atoms with van der Waals surface area (Å²) in [6.45, 7) is 2.88. The Morgan fingerprint density at radius 2 is 1.56 bits per heavy atom. The maximum Gasteiger partial charge on any atom is 0.169 e. The summed E-state index contributed by atoms with van der Waals surface area (Å²) < 4.78 is 47.2. The second-order valence-electron chi connectivity index (χ2n) is 5.62. The smallest absolute Gasteiger partial charge is 0.169 e. The molecule has 1 aromatic heterocycles. The largest absolute Gasteiger partial charge is 0.493 e. The van der Waals surface area contributed by atoms with Crippen molar-refractivity contribution in [2.45, 2.75) is 19.8 Å². The van der Waals surface area contributed by atoms with Crippen molar-refractivity contribution in [3.8, 4) is 11.5 Å². The zero-order valence-electron chi connectivity index (χ0n) is 15.6. The minimum absolute atomic E-state index is 0.725. The molecule has 0 spiro atoms. The van der Waals surface area contributed by atoms with Gasteiger partial charge in [0.1, 0.15) is 7.05 Å². The van der Waals surface area contributed by atoms with Gasteiger partial charge in [0.2, 0.25) is 0 Å². The van der Waals surface area contributed by atoms with Crippen molar-refractivity contribution in [3.05, 3.63) is 53.9 Å². The van der Waals surface area contributed by atoms with E-state index in [4.69, 9.17) is 28.1 Å². The predicted molar refractivity (Wildman–Crippen MR) is 89.9 cm³/mol. The van der Waals surface area contributed by atoms with Crippen LogP contribution in [-0.4, -0.2) is 13.7 Å². The van der Waals surface area contributed by atoms with Crippen molar-refractivity contribution in [1.29, 1.82) is 0 Å². The molecule has 1 heterocycles. The Kier molecular flexibility index (Phi) is 9.77. The van der Waals surface area contributed by atoms with E-state index in [1.54, 1.807) is 7.11 Å². The molecule has 0 atom stereocenters. The van der Waals surface area contributed by atoms with Gasteiger partial charge >= 0.3 is 0 Å². The third kappa shape index (κ3) is 10.5. The molecule has 1 aromatic carbocycles. The molecular weight excluding hydrogens is 374 g/mol. The number of hydrogen-bond donors (Lipinski definition) is 0. The van der Waals surface area contributed by atoms with E-state index in [0.717, 1.165) is 36.5 Å². The standard InChI is InChI=1S/C19H24NO2.ClHO4/c1-4-5-14-22-18-9-8-17(15-19(18)21-3)7-6-16-10-12-20(2)13-11-16;2-1(3,4)5/h6-13,15H,4-5,14H2,1-3H3;(H,2,3,4,5)/q+1;/p-1/b7-6+;. The van der Waals surface area contributed by atoms with Crippen LogP contribution in [0.2, 0.25) is 0 Å². The van der Waals surface area contributed by atoms with Crippen LogP contribution in [0, 0.1) is 10.2 Å². The van der Waals surface area contributed by atoms with Gasteiger partial charge in [0.25, 0.3) is 0 Å². The zero-order chi connectivity index (χ0) is 20.3. The molecule has 0 fully saturated rings. The number of hydrogen-bond acceptors (Lipinski definition) is 6. The van der Waals surface area contributed by atoms with E-state index in [0.29, 0.717) is 0 Å². The lowest BCUT2D eigenvalue weighted by Crippen LogP contribution is -2.68. The van der Waals surface area contributed by atoms with Crippen LogP contribution in [0.4, 0.5) is 0 Å². The number of aryl methyl sites for hydroxylation is 1. The van der Waals surface area contributed by atoms with E-state index in [9.17, 15) is 0 Å². The average Bonchev–Trinajstić information content (AvgIpc) is 2.60. The van der Waals surface area contributed by atoms with E-state index in [1.165, 1.54) is 5.56 Å². The first-order valence-corrected chi connectivity index (χ1v) is 9.52. The van der Waals surface area contributed by atoms with Crippen molar-refractivity contribution in [1.82, 2.24) is 0 Å². The van der Waals surface area contributed by atoms with Crippen molar-refractivity contribution >= 4 is 12.2 Å². The molecule has 0 radical (unpaired) electrons. The Hall–Kier alpha value is -2.16. The van der Waals surface area contributed by atoms with Crippen LogP contribution in [0.5, 0.6) is 11.5 Å². The summed E-state index contributed by atoms with van der Waals surface area (Å²) in [6, 6.07) is 10.2. The van der Waals surface area contributed by atoms with E-state index < -0.39 is 10.2 Å². The lowest BCUT2D eigenvalue weighted by atomic mass is 10.1. The van der Waals surface area contributed by atoms with E-state index in [1.807, 2.05) is 42.2 Å². The SMILES string of the molecule is CCCCOc1ccc(/C=C/c2cc[n+](C)cc2)cc1OC.[O-][Cl+3]([O-])([O-])[O-]. The van der Waals surface area contributed by atoms with Crippen LogP contribution < -0.4 is 32.7 Å². The minimum atomic E-state index is -4.94. The number of benzene rings is 1. The van der Waals surface area contributed by atoms with Crippen molar-refractivity contribution in [2.24, 2.45) is 7.05 Å². The molecule has 0 unspecified atom stereocenters. The maximum atomic E-state index is 8.49. The number of unbranched alkanes of at least 4 members (excludes halogenated alkanes) is 1. The molecule has 0 aliphatic carbocycles. The van der Waals surface area contributed by atoms with E-state index in [2.05, 4.69) is 31.2 Å². The monoisotopic (exact) mass is 397 g/mol. The molecule has 0 saturated heterocycles. The number of rotatable bonds is 7. The van der Waals surface area contributed by atoms with Crippen molar-refractivity contribution < 1.29 is 42.9 Å². The van der Waals surface area contributed by atoms with Crippen molar-refractivity contribution in [2.75, 3.05) is 13.7 Å². The first-order chi connectivity index (χ1) is 12.7. The normalized spacial score (nSPS) is 11.1. The van der Waals surface area contributed by atoms with Gasteiger partial charge in [-0.15, -0.1) is 10.2 Å². The molecule has 0 N–H and O–H groups in total. The summed E-state index contributed by atoms with van der Waals surface area (Å²) in [5.41, 5.74) is 2.26. The van der Waals surface area contributed by atoms with Crippen molar-refractivity contribution in [3.63, 3.8) is 0 Å². The molecular formula is C19H24ClNO6. The zero-order valence-corrected chi connectivity index (χ0v) is 16.3. The Bertz CT molecular complexity index is 707. The molecule has 7 nitrogen and oxygen atoms in total. The number of aromatic nitrogens is 1. The summed E-state index contributed by atoms with van der Waals surface area (Å²) in [4.78, 5) is 0. The summed E-state index contributed by atoms with van der Waals surface area (Å²) >= 11 is 0. The first-order valence-electron chi connectivity index (χ1n) is 8.29. The van der Waals surface area contributed by atoms with Crippen LogP contribution in [0.1, 0.15) is 30.9 Å². The first kappa shape index (κ1) is 22.9. The molecule has 0 amide bonds. The Labute approximate surface area is 161 Å².